The first-order chi connectivity index (χ1) is 13.2. The lowest BCUT2D eigenvalue weighted by Gasteiger charge is -2.53. The van der Waals surface area contributed by atoms with Gasteiger partial charge in [-0.2, -0.15) is 0 Å². The maximum Gasteiger partial charge on any atom is 0.193 e. The van der Waals surface area contributed by atoms with Gasteiger partial charge in [0, 0.05) is 5.56 Å². The summed E-state index contributed by atoms with van der Waals surface area (Å²) in [6.45, 7) is 0. The lowest BCUT2D eigenvalue weighted by atomic mass is 9.54. The number of guanidine groups is 1. The van der Waals surface area contributed by atoms with Crippen molar-refractivity contribution < 1.29 is 0 Å². The van der Waals surface area contributed by atoms with E-state index in [-0.39, 0.29) is 0 Å². The maximum absolute atomic E-state index is 6.40. The van der Waals surface area contributed by atoms with Crippen LogP contribution >= 0.6 is 0 Å². The van der Waals surface area contributed by atoms with E-state index in [2.05, 4.69) is 35.7 Å². The second-order valence-electron chi connectivity index (χ2n) is 9.09. The van der Waals surface area contributed by atoms with E-state index in [4.69, 9.17) is 16.5 Å². The predicted octanol–water partition coefficient (Wildman–Crippen LogP) is 4.46. The minimum absolute atomic E-state index is 0.395. The molecule has 4 saturated carbocycles. The molecule has 0 heterocycles. The molecular formula is C23H26N4. The molecule has 5 aliphatic rings. The molecule has 4 heteroatoms. The van der Waals surface area contributed by atoms with Crippen molar-refractivity contribution in [3.63, 3.8) is 0 Å². The number of benzene rings is 2. The molecule has 27 heavy (non-hydrogen) atoms. The lowest BCUT2D eigenvalue weighted by molar-refractivity contribution is 0.00124. The van der Waals surface area contributed by atoms with Gasteiger partial charge in [-0.25, -0.2) is 4.99 Å². The third kappa shape index (κ3) is 2.32. The summed E-state index contributed by atoms with van der Waals surface area (Å²) in [6, 6.07) is 8.76. The fraction of sp³-hybridized carbons (Fsp3) is 0.435. The number of rotatable bonds is 2. The zero-order valence-electron chi connectivity index (χ0n) is 15.5. The van der Waals surface area contributed by atoms with Gasteiger partial charge in [0.05, 0.1) is 17.4 Å². The van der Waals surface area contributed by atoms with E-state index in [0.717, 1.165) is 40.6 Å². The Morgan fingerprint density at radius 3 is 2.48 bits per heavy atom. The molecule has 0 spiro atoms. The van der Waals surface area contributed by atoms with E-state index in [9.17, 15) is 0 Å². The lowest BCUT2D eigenvalue weighted by Crippen LogP contribution is -2.48. The van der Waals surface area contributed by atoms with Gasteiger partial charge < -0.3 is 16.8 Å². The number of nitrogens with two attached hydrogens (primary N) is 2. The molecule has 7 rings (SSSR count). The topological polar surface area (TPSA) is 76.4 Å². The Labute approximate surface area is 159 Å². The standard InChI is InChI=1S/C23H26N4/c24-19-11-15-3-1-2-14-4-5-18(20(14)15)22(19)27-23(25)26-21-16-7-12-6-13(9-16)10-17(21)8-12/h1-5,11-13,16-17,21H,6-10,24H2,(H3,25,26,27). The Morgan fingerprint density at radius 1 is 1.00 bits per heavy atom. The zero-order valence-corrected chi connectivity index (χ0v) is 15.5. The minimum Gasteiger partial charge on any atom is -0.397 e. The monoisotopic (exact) mass is 358 g/mol. The summed E-state index contributed by atoms with van der Waals surface area (Å²) in [4.78, 5) is 4.99. The number of hydrogen-bond acceptors (Lipinski definition) is 2. The zero-order chi connectivity index (χ0) is 18.1. The molecule has 2 aromatic carbocycles. The van der Waals surface area contributed by atoms with Crippen LogP contribution < -0.4 is 16.8 Å². The van der Waals surface area contributed by atoms with Crippen molar-refractivity contribution in [3.8, 4) is 0 Å². The summed E-state index contributed by atoms with van der Waals surface area (Å²) < 4.78 is 0. The number of nitrogens with one attached hydrogen (secondary N) is 1. The highest BCUT2D eigenvalue weighted by atomic mass is 15.1. The highest BCUT2D eigenvalue weighted by Gasteiger charge is 2.48. The Bertz CT molecular complexity index is 975. The Balaban J connectivity index is 1.33. The summed E-state index contributed by atoms with van der Waals surface area (Å²) in [5, 5.41) is 5.79. The molecule has 5 N–H and O–H groups in total. The van der Waals surface area contributed by atoms with Gasteiger partial charge in [-0.1, -0.05) is 30.4 Å². The van der Waals surface area contributed by atoms with Gasteiger partial charge >= 0.3 is 0 Å². The fourth-order valence-electron chi connectivity index (χ4n) is 6.59. The van der Waals surface area contributed by atoms with E-state index < -0.39 is 0 Å². The molecule has 4 bridgehead atoms. The normalized spacial score (nSPS) is 33.2. The molecule has 0 aromatic heterocycles. The highest BCUT2D eigenvalue weighted by Crippen LogP contribution is 2.54. The van der Waals surface area contributed by atoms with Crippen molar-refractivity contribution in [2.45, 2.75) is 38.1 Å². The van der Waals surface area contributed by atoms with Crippen LogP contribution in [0.25, 0.3) is 22.9 Å². The van der Waals surface area contributed by atoms with Gasteiger partial charge in [0.25, 0.3) is 0 Å². The van der Waals surface area contributed by atoms with Gasteiger partial charge in [-0.15, -0.1) is 0 Å². The quantitative estimate of drug-likeness (QED) is 0.360. The summed E-state index contributed by atoms with van der Waals surface area (Å²) in [6.07, 6.45) is 11.1. The van der Waals surface area contributed by atoms with Crippen LogP contribution in [0.1, 0.15) is 43.2 Å². The van der Waals surface area contributed by atoms with E-state index in [1.165, 1.54) is 48.4 Å². The van der Waals surface area contributed by atoms with Gasteiger partial charge in [0.1, 0.15) is 0 Å². The van der Waals surface area contributed by atoms with Crippen LogP contribution in [0.15, 0.2) is 29.3 Å². The van der Waals surface area contributed by atoms with E-state index in [1.54, 1.807) is 0 Å². The molecule has 0 amide bonds. The Hall–Kier alpha value is -2.49. The first-order valence-electron chi connectivity index (χ1n) is 10.3. The number of anilines is 2. The van der Waals surface area contributed by atoms with Crippen LogP contribution in [-0.4, -0.2) is 12.0 Å². The van der Waals surface area contributed by atoms with Crippen LogP contribution in [-0.2, 0) is 0 Å². The van der Waals surface area contributed by atoms with Crippen LogP contribution in [0.3, 0.4) is 0 Å². The second kappa shape index (κ2) is 5.51. The molecule has 0 atom stereocenters. The van der Waals surface area contributed by atoms with Crippen molar-refractivity contribution in [2.24, 2.45) is 34.4 Å². The van der Waals surface area contributed by atoms with Gasteiger partial charge in [-0.3, -0.25) is 0 Å². The third-order valence-electron chi connectivity index (χ3n) is 7.42. The van der Waals surface area contributed by atoms with Gasteiger partial charge in [-0.05, 0) is 78.2 Å². The molecule has 2 aromatic rings. The predicted molar refractivity (Wildman–Crippen MR) is 113 cm³/mol. The highest BCUT2D eigenvalue weighted by molar-refractivity contribution is 6.13. The number of aliphatic imine (C=N–C) groups is 1. The van der Waals surface area contributed by atoms with Crippen molar-refractivity contribution in [1.29, 1.82) is 0 Å². The number of hydrogen-bond donors (Lipinski definition) is 3. The molecule has 0 aliphatic heterocycles. The largest absolute Gasteiger partial charge is 0.397 e. The molecule has 0 unspecified atom stereocenters. The van der Waals surface area contributed by atoms with Crippen LogP contribution in [0, 0.1) is 23.7 Å². The molecule has 138 valence electrons. The van der Waals surface area contributed by atoms with Crippen molar-refractivity contribution in [3.05, 3.63) is 35.4 Å². The summed E-state index contributed by atoms with van der Waals surface area (Å²) in [5.41, 5.74) is 16.8. The Kier molecular flexibility index (Phi) is 3.17. The average Bonchev–Trinajstić information content (AvgIpc) is 3.06. The first kappa shape index (κ1) is 15.6. The second-order valence-corrected chi connectivity index (χ2v) is 9.09. The van der Waals surface area contributed by atoms with Crippen molar-refractivity contribution in [1.82, 2.24) is 0 Å². The summed E-state index contributed by atoms with van der Waals surface area (Å²) in [7, 11) is 0. The number of nitrogens with zero attached hydrogens (tertiary/aromatic N) is 1. The van der Waals surface area contributed by atoms with E-state index in [0.29, 0.717) is 12.0 Å². The fourth-order valence-corrected chi connectivity index (χ4v) is 6.59. The summed E-state index contributed by atoms with van der Waals surface area (Å²) in [5.74, 6) is 3.89. The van der Waals surface area contributed by atoms with Crippen molar-refractivity contribution >= 4 is 40.3 Å². The van der Waals surface area contributed by atoms with Crippen LogP contribution in [0.4, 0.5) is 11.4 Å². The SMILES string of the molecule is NC(=NC1C2CC3CC(C2)CC1C3)Nc1c(N)cc2cccc3c2c1C=C3. The van der Waals surface area contributed by atoms with Crippen LogP contribution in [0.2, 0.25) is 0 Å². The molecule has 4 fully saturated rings. The smallest absolute Gasteiger partial charge is 0.193 e. The Morgan fingerprint density at radius 2 is 1.74 bits per heavy atom. The minimum atomic E-state index is 0.395. The van der Waals surface area contributed by atoms with E-state index in [1.807, 2.05) is 6.07 Å². The molecular weight excluding hydrogens is 332 g/mol. The van der Waals surface area contributed by atoms with Gasteiger partial charge in [0.2, 0.25) is 0 Å². The molecule has 5 aliphatic carbocycles. The van der Waals surface area contributed by atoms with E-state index >= 15 is 0 Å². The average molecular weight is 358 g/mol. The third-order valence-corrected chi connectivity index (χ3v) is 7.42. The molecule has 4 nitrogen and oxygen atoms in total. The summed E-state index contributed by atoms with van der Waals surface area (Å²) >= 11 is 0. The molecule has 0 saturated heterocycles. The molecule has 0 radical (unpaired) electrons. The number of nitrogen functional groups attached to an aromatic ring is 1. The van der Waals surface area contributed by atoms with Crippen LogP contribution in [0.5, 0.6) is 0 Å². The maximum atomic E-state index is 6.40. The first-order valence-corrected chi connectivity index (χ1v) is 10.3. The van der Waals surface area contributed by atoms with Gasteiger partial charge in [0.15, 0.2) is 5.96 Å². The van der Waals surface area contributed by atoms with Crippen molar-refractivity contribution in [2.75, 3.05) is 11.1 Å².